The summed E-state index contributed by atoms with van der Waals surface area (Å²) in [7, 11) is -8.78. The molecule has 0 amide bonds. The number of benzene rings is 2. The Morgan fingerprint density at radius 3 is 1.16 bits per heavy atom. The van der Waals surface area contributed by atoms with E-state index in [1.54, 1.807) is 12.1 Å². The van der Waals surface area contributed by atoms with Gasteiger partial charge in [-0.15, -0.1) is 0 Å². The average Bonchev–Trinajstić information content (AvgIpc) is 3.58. The molecule has 0 radical (unpaired) electrons. The van der Waals surface area contributed by atoms with E-state index in [-0.39, 0.29) is 59.9 Å². The van der Waals surface area contributed by atoms with Gasteiger partial charge in [0.15, 0.2) is 0 Å². The van der Waals surface area contributed by atoms with Gasteiger partial charge in [0.05, 0.1) is 44.9 Å². The molecule has 4 rings (SSSR count). The molecule has 0 saturated heterocycles. The number of rotatable bonds is 18. The summed E-state index contributed by atoms with van der Waals surface area (Å²) in [6.07, 6.45) is 20.0. The summed E-state index contributed by atoms with van der Waals surface area (Å²) < 4.78 is 66.2. The van der Waals surface area contributed by atoms with Gasteiger partial charge in [0, 0.05) is 0 Å². The van der Waals surface area contributed by atoms with Crippen molar-refractivity contribution in [3.05, 3.63) is 36.4 Å². The molecule has 2 aliphatic rings. The van der Waals surface area contributed by atoms with Crippen LogP contribution in [0.25, 0.3) is 0 Å². The molecule has 13 heteroatoms. The fourth-order valence-corrected chi connectivity index (χ4v) is 6.56. The van der Waals surface area contributed by atoms with Gasteiger partial charge < -0.3 is 30.4 Å². The molecule has 248 valence electrons. The number of nitrogens with one attached hydrogen (secondary N) is 4. The van der Waals surface area contributed by atoms with Gasteiger partial charge in [-0.05, 0) is 62.1 Å². The van der Waals surface area contributed by atoms with Crippen LogP contribution in [0, 0.1) is 0 Å². The third kappa shape index (κ3) is 14.2. The van der Waals surface area contributed by atoms with Crippen LogP contribution in [-0.2, 0) is 20.2 Å². The molecule has 2 aromatic rings. The van der Waals surface area contributed by atoms with E-state index in [9.17, 15) is 25.9 Å². The fraction of sp³-hybridized carbons (Fsp3) is 0.625. The van der Waals surface area contributed by atoms with Gasteiger partial charge in [-0.1, -0.05) is 90.9 Å². The van der Waals surface area contributed by atoms with Crippen molar-refractivity contribution in [2.24, 2.45) is 0 Å². The summed E-state index contributed by atoms with van der Waals surface area (Å²) in [6, 6.07) is 8.83. The molecular formula is C32H50CaN4O6S2. The van der Waals surface area contributed by atoms with Crippen molar-refractivity contribution in [2.75, 3.05) is 21.3 Å². The van der Waals surface area contributed by atoms with Crippen molar-refractivity contribution in [1.82, 2.24) is 0 Å². The third-order valence-corrected chi connectivity index (χ3v) is 9.73. The summed E-state index contributed by atoms with van der Waals surface area (Å²) in [5.41, 5.74) is 3.12. The number of hydrogen-bond donors (Lipinski definition) is 4. The van der Waals surface area contributed by atoms with E-state index < -0.39 is 20.2 Å². The Bertz CT molecular complexity index is 1290. The molecule has 45 heavy (non-hydrogen) atoms. The van der Waals surface area contributed by atoms with Crippen molar-refractivity contribution in [2.45, 2.75) is 139 Å². The molecule has 2 aliphatic heterocycles. The Labute approximate surface area is 300 Å². The first kappa shape index (κ1) is 39.9. The minimum atomic E-state index is -4.39. The Hall–Kier alpha value is -1.28. The summed E-state index contributed by atoms with van der Waals surface area (Å²) in [5, 5.41) is 13.1. The van der Waals surface area contributed by atoms with Crippen LogP contribution < -0.4 is 21.3 Å². The van der Waals surface area contributed by atoms with Crippen LogP contribution in [0.5, 0.6) is 0 Å². The number of anilines is 4. The normalized spacial score (nSPS) is 16.5. The summed E-state index contributed by atoms with van der Waals surface area (Å²) in [6.45, 7) is 4.44. The van der Waals surface area contributed by atoms with E-state index in [0.29, 0.717) is 11.4 Å². The Kier molecular flexibility index (Phi) is 17.9. The van der Waals surface area contributed by atoms with E-state index in [1.165, 1.54) is 101 Å². The first-order valence-electron chi connectivity index (χ1n) is 16.3. The Morgan fingerprint density at radius 2 is 0.822 bits per heavy atom. The molecule has 0 spiro atoms. The summed E-state index contributed by atoms with van der Waals surface area (Å²) in [4.78, 5) is -0.366. The molecule has 0 aromatic heterocycles. The van der Waals surface area contributed by atoms with Gasteiger partial charge in [-0.3, -0.25) is 0 Å². The van der Waals surface area contributed by atoms with Gasteiger partial charge in [0.2, 0.25) is 0 Å². The first-order chi connectivity index (χ1) is 21.0. The maximum atomic E-state index is 11.0. The second kappa shape index (κ2) is 20.2. The van der Waals surface area contributed by atoms with Crippen LogP contribution in [0.1, 0.15) is 117 Å². The molecule has 0 aliphatic carbocycles. The molecule has 0 saturated carbocycles. The van der Waals surface area contributed by atoms with Crippen molar-refractivity contribution < 1.29 is 25.9 Å². The summed E-state index contributed by atoms with van der Waals surface area (Å²) in [5.74, 6) is 0. The molecule has 4 N–H and O–H groups in total. The Balaban J connectivity index is 0.000000307. The zero-order valence-corrected chi connectivity index (χ0v) is 30.7. The van der Waals surface area contributed by atoms with Crippen LogP contribution in [0.4, 0.5) is 22.7 Å². The summed E-state index contributed by atoms with van der Waals surface area (Å²) >= 11 is 0. The predicted octanol–water partition coefficient (Wildman–Crippen LogP) is 7.41. The number of unbranched alkanes of at least 4 members (excludes halogenated alkanes) is 12. The van der Waals surface area contributed by atoms with Crippen molar-refractivity contribution in [3.8, 4) is 0 Å². The monoisotopic (exact) mass is 690 g/mol. The minimum absolute atomic E-state index is 0. The van der Waals surface area contributed by atoms with Crippen LogP contribution in [0.2, 0.25) is 0 Å². The van der Waals surface area contributed by atoms with Crippen LogP contribution in [0.3, 0.4) is 0 Å². The standard InChI is InChI=1S/2C16H26N2O3S.Ca/c2*1-2-3-4-5-6-7-8-9-16-17-14-11-10-13(22(19,20)21)12-15(14)18-16;/h2*10-12,16-18H,2-9H2,1H3,(H,19,20,21);/q;;+2/p-2. The molecule has 0 bridgehead atoms. The third-order valence-electron chi connectivity index (χ3n) is 8.07. The van der Waals surface area contributed by atoms with E-state index in [2.05, 4.69) is 35.1 Å². The van der Waals surface area contributed by atoms with Crippen molar-refractivity contribution in [3.63, 3.8) is 0 Å². The molecule has 2 unspecified atom stereocenters. The predicted molar refractivity (Wildman–Crippen MR) is 182 cm³/mol. The van der Waals surface area contributed by atoms with Crippen molar-refractivity contribution >= 4 is 80.7 Å². The van der Waals surface area contributed by atoms with Crippen LogP contribution in [0.15, 0.2) is 46.2 Å². The molecule has 2 heterocycles. The molecular weight excluding hydrogens is 641 g/mol. The van der Waals surface area contributed by atoms with E-state index in [0.717, 1.165) is 37.1 Å². The first-order valence-corrected chi connectivity index (χ1v) is 19.1. The van der Waals surface area contributed by atoms with Crippen LogP contribution in [-0.4, -0.2) is 76.0 Å². The van der Waals surface area contributed by atoms with Gasteiger partial charge in [-0.2, -0.15) is 0 Å². The smallest absolute Gasteiger partial charge is 0.744 e. The number of fused-ring (bicyclic) bond motifs is 2. The van der Waals surface area contributed by atoms with Gasteiger partial charge in [0.1, 0.15) is 20.2 Å². The number of hydrogen-bond acceptors (Lipinski definition) is 10. The average molecular weight is 691 g/mol. The topological polar surface area (TPSA) is 163 Å². The SMILES string of the molecule is CCCCCCCCCC1Nc2ccc(S(=O)(=O)[O-])cc2N1.CCCCCCCCCC1Nc2ccc(S(=O)(=O)[O-])cc2N1.[Ca+2]. The van der Waals surface area contributed by atoms with Gasteiger partial charge >= 0.3 is 37.7 Å². The second-order valence-electron chi connectivity index (χ2n) is 11.8. The molecule has 10 nitrogen and oxygen atoms in total. The Morgan fingerprint density at radius 1 is 0.511 bits per heavy atom. The molecule has 0 fully saturated rings. The van der Waals surface area contributed by atoms with Gasteiger partial charge in [-0.25, -0.2) is 16.8 Å². The maximum absolute atomic E-state index is 11.0. The fourth-order valence-electron chi connectivity index (χ4n) is 5.57. The van der Waals surface area contributed by atoms with Crippen LogP contribution >= 0.6 is 0 Å². The largest absolute Gasteiger partial charge is 2.00 e. The second-order valence-corrected chi connectivity index (χ2v) is 14.6. The van der Waals surface area contributed by atoms with Gasteiger partial charge in [0.25, 0.3) is 0 Å². The van der Waals surface area contributed by atoms with E-state index in [1.807, 2.05) is 0 Å². The van der Waals surface area contributed by atoms with E-state index >= 15 is 0 Å². The van der Waals surface area contributed by atoms with E-state index in [4.69, 9.17) is 0 Å². The zero-order chi connectivity index (χ0) is 32.0. The van der Waals surface area contributed by atoms with Crippen molar-refractivity contribution in [1.29, 1.82) is 0 Å². The maximum Gasteiger partial charge on any atom is 2.00 e. The minimum Gasteiger partial charge on any atom is -0.744 e. The quantitative estimate of drug-likeness (QED) is 0.0704. The molecule has 2 aromatic carbocycles. The molecule has 2 atom stereocenters. The zero-order valence-electron chi connectivity index (χ0n) is 26.9.